The van der Waals surface area contributed by atoms with E-state index in [2.05, 4.69) is 53.1 Å². The number of nitrogens with zero attached hydrogens (tertiary/aromatic N) is 4. The highest BCUT2D eigenvalue weighted by Crippen LogP contribution is 2.39. The van der Waals surface area contributed by atoms with Crippen molar-refractivity contribution in [2.75, 3.05) is 10.6 Å². The Morgan fingerprint density at radius 3 is 2.47 bits per heavy atom. The number of nitrogens with one attached hydrogen (secondary N) is 2. The lowest BCUT2D eigenvalue weighted by Gasteiger charge is -2.30. The molecular weight excluding hydrogens is 434 g/mol. The van der Waals surface area contributed by atoms with Crippen LogP contribution in [-0.4, -0.2) is 48.0 Å². The average molecular weight is 468 g/mol. The molecule has 10 nitrogen and oxygen atoms in total. The molecule has 6 N–H and O–H groups in total. The Labute approximate surface area is 198 Å². The van der Waals surface area contributed by atoms with Crippen molar-refractivity contribution >= 4 is 23.4 Å². The molecule has 0 spiro atoms. The Morgan fingerprint density at radius 1 is 1.15 bits per heavy atom. The molecule has 0 amide bonds. The van der Waals surface area contributed by atoms with Gasteiger partial charge in [-0.15, -0.1) is 5.10 Å². The summed E-state index contributed by atoms with van der Waals surface area (Å²) in [5.41, 5.74) is 8.77. The van der Waals surface area contributed by atoms with Gasteiger partial charge in [0, 0.05) is 23.8 Å². The van der Waals surface area contributed by atoms with Gasteiger partial charge in [0.05, 0.1) is 11.4 Å². The van der Waals surface area contributed by atoms with Crippen molar-refractivity contribution in [3.05, 3.63) is 29.5 Å². The molecule has 0 radical (unpaired) electrons. The first kappa shape index (κ1) is 23.7. The zero-order valence-corrected chi connectivity index (χ0v) is 20.0. The number of benzene rings is 1. The van der Waals surface area contributed by atoms with Crippen LogP contribution in [0.25, 0.3) is 11.4 Å². The molecule has 1 saturated carbocycles. The summed E-state index contributed by atoms with van der Waals surface area (Å²) >= 11 is 0. The second-order valence-electron chi connectivity index (χ2n) is 9.60. The second kappa shape index (κ2) is 9.46. The maximum absolute atomic E-state index is 11.5. The third-order valence-electron chi connectivity index (χ3n) is 6.29. The van der Waals surface area contributed by atoms with Crippen LogP contribution in [0.1, 0.15) is 81.4 Å². The molecule has 1 aromatic carbocycles. The molecule has 1 fully saturated rings. The molecule has 182 valence electrons. The van der Waals surface area contributed by atoms with Crippen molar-refractivity contribution in [3.63, 3.8) is 0 Å². The van der Waals surface area contributed by atoms with Gasteiger partial charge in [-0.2, -0.15) is 10.1 Å². The van der Waals surface area contributed by atoms with Crippen LogP contribution in [-0.2, 0) is 0 Å². The van der Waals surface area contributed by atoms with Crippen molar-refractivity contribution in [3.8, 4) is 17.1 Å². The Kier molecular flexibility index (Phi) is 6.60. The van der Waals surface area contributed by atoms with Gasteiger partial charge in [-0.3, -0.25) is 0 Å². The van der Waals surface area contributed by atoms with Crippen molar-refractivity contribution in [1.82, 2.24) is 19.7 Å². The number of hydrogen-bond acceptors (Lipinski definition) is 8. The average Bonchev–Trinajstić information content (AvgIpc) is 3.21. The predicted molar refractivity (Wildman–Crippen MR) is 131 cm³/mol. The van der Waals surface area contributed by atoms with E-state index in [1.165, 1.54) is 12.1 Å². The Morgan fingerprint density at radius 2 is 1.85 bits per heavy atom. The molecule has 2 aliphatic heterocycles. The highest BCUT2D eigenvalue weighted by molar-refractivity contribution is 5.92. The van der Waals surface area contributed by atoms with E-state index in [9.17, 15) is 15.0 Å². The number of aromatic nitrogens is 4. The highest BCUT2D eigenvalue weighted by atomic mass is 16.4. The van der Waals surface area contributed by atoms with Crippen LogP contribution in [0.4, 0.5) is 17.5 Å². The number of carboxylic acids is 1. The zero-order valence-electron chi connectivity index (χ0n) is 20.0. The molecule has 1 aliphatic carbocycles. The lowest BCUT2D eigenvalue weighted by Crippen LogP contribution is -2.34. The van der Waals surface area contributed by atoms with Gasteiger partial charge >= 0.3 is 5.97 Å². The molecule has 1 aromatic rings. The zero-order chi connectivity index (χ0) is 24.6. The number of carbonyl (C=O) groups is 1. The van der Waals surface area contributed by atoms with E-state index >= 15 is 0 Å². The topological polar surface area (TPSA) is 151 Å². The summed E-state index contributed by atoms with van der Waals surface area (Å²) in [7, 11) is 0. The summed E-state index contributed by atoms with van der Waals surface area (Å²) in [4.78, 5) is 16.4. The van der Waals surface area contributed by atoms with Gasteiger partial charge in [0.15, 0.2) is 11.5 Å². The van der Waals surface area contributed by atoms with Crippen LogP contribution in [0.3, 0.4) is 0 Å². The van der Waals surface area contributed by atoms with Crippen LogP contribution >= 0.6 is 0 Å². The standard InChI is InChI=1S/C24H33N7O3/c1-12(2)19-21-20(30-29-19)22(26-16-9-10-18(32)17(11-16)23(33)34)28-24(31(21)13(3)4)27-15-7-5-14(25)6-8-15/h9-15,26,32H,5-8,25H2,1-4H3,(H,27,28)(H,33,34). The fourth-order valence-electron chi connectivity index (χ4n) is 4.48. The largest absolute Gasteiger partial charge is 0.507 e. The molecule has 2 heterocycles. The van der Waals surface area contributed by atoms with Gasteiger partial charge in [0.1, 0.15) is 11.3 Å². The molecular formula is C24H33N7O3. The van der Waals surface area contributed by atoms with Crippen molar-refractivity contribution in [2.45, 2.75) is 77.4 Å². The summed E-state index contributed by atoms with van der Waals surface area (Å²) < 4.78 is 2.14. The SMILES string of the molecule is CC(C)c1nnc2c(Nc3ccc(O)c(C(=O)O)c3)nc(NC3CCC(N)CC3)n(C(C)C)c1-2. The van der Waals surface area contributed by atoms with Gasteiger partial charge in [-0.25, -0.2) is 4.79 Å². The molecule has 10 heteroatoms. The first-order valence-corrected chi connectivity index (χ1v) is 11.8. The number of carboxylic acid groups (broad SMARTS) is 1. The third-order valence-corrected chi connectivity index (χ3v) is 6.29. The summed E-state index contributed by atoms with van der Waals surface area (Å²) in [6, 6.07) is 4.94. The minimum atomic E-state index is -1.21. The van der Waals surface area contributed by atoms with E-state index in [1.54, 1.807) is 6.07 Å². The number of anilines is 3. The van der Waals surface area contributed by atoms with Crippen LogP contribution in [0, 0.1) is 0 Å². The molecule has 0 unspecified atom stereocenters. The van der Waals surface area contributed by atoms with E-state index in [0.29, 0.717) is 23.1 Å². The monoisotopic (exact) mass is 467 g/mol. The van der Waals surface area contributed by atoms with Crippen LogP contribution in [0.15, 0.2) is 18.2 Å². The van der Waals surface area contributed by atoms with E-state index in [0.717, 1.165) is 37.1 Å². The Balaban J connectivity index is 1.82. The maximum Gasteiger partial charge on any atom is 0.339 e. The summed E-state index contributed by atoms with van der Waals surface area (Å²) in [5, 5.41) is 35.0. The first-order chi connectivity index (χ1) is 16.2. The number of fused-ring (bicyclic) bond motifs is 1. The fourth-order valence-corrected chi connectivity index (χ4v) is 4.48. The summed E-state index contributed by atoms with van der Waals surface area (Å²) in [6.07, 6.45) is 3.87. The predicted octanol–water partition coefficient (Wildman–Crippen LogP) is 4.31. The van der Waals surface area contributed by atoms with Crippen molar-refractivity contribution < 1.29 is 15.0 Å². The number of nitrogens with two attached hydrogens (primary N) is 1. The number of aromatic hydroxyl groups is 1. The Bertz CT molecular complexity index is 1150. The number of rotatable bonds is 7. The van der Waals surface area contributed by atoms with Crippen molar-refractivity contribution in [2.24, 2.45) is 5.73 Å². The van der Waals surface area contributed by atoms with E-state index in [4.69, 9.17) is 10.7 Å². The summed E-state index contributed by atoms with van der Waals surface area (Å²) in [6.45, 7) is 8.37. The van der Waals surface area contributed by atoms with Crippen molar-refractivity contribution in [1.29, 1.82) is 0 Å². The van der Waals surface area contributed by atoms with Crippen LogP contribution < -0.4 is 16.4 Å². The van der Waals surface area contributed by atoms with E-state index in [1.807, 2.05) is 0 Å². The molecule has 34 heavy (non-hydrogen) atoms. The second-order valence-corrected chi connectivity index (χ2v) is 9.60. The molecule has 0 saturated heterocycles. The summed E-state index contributed by atoms with van der Waals surface area (Å²) in [5.74, 6) is -0.172. The third kappa shape index (κ3) is 4.63. The van der Waals surface area contributed by atoms with E-state index < -0.39 is 5.97 Å². The Hall–Kier alpha value is -3.40. The number of aromatic carboxylic acids is 1. The van der Waals surface area contributed by atoms with E-state index in [-0.39, 0.29) is 35.4 Å². The highest BCUT2D eigenvalue weighted by Gasteiger charge is 2.29. The molecule has 0 bridgehead atoms. The van der Waals surface area contributed by atoms with Gasteiger partial charge in [-0.05, 0) is 63.6 Å². The molecule has 0 aromatic heterocycles. The minimum absolute atomic E-state index is 0.105. The molecule has 3 aliphatic rings. The van der Waals surface area contributed by atoms with Gasteiger partial charge < -0.3 is 31.1 Å². The van der Waals surface area contributed by atoms with Crippen LogP contribution in [0.2, 0.25) is 0 Å². The fraction of sp³-hybridized carbons (Fsp3) is 0.500. The number of phenols is 1. The smallest absolute Gasteiger partial charge is 0.339 e. The van der Waals surface area contributed by atoms with Gasteiger partial charge in [0.25, 0.3) is 0 Å². The lowest BCUT2D eigenvalue weighted by molar-refractivity contribution is 0.0694. The van der Waals surface area contributed by atoms with Gasteiger partial charge in [0.2, 0.25) is 5.95 Å². The molecule has 4 rings (SSSR count). The first-order valence-electron chi connectivity index (χ1n) is 11.8. The van der Waals surface area contributed by atoms with Crippen LogP contribution in [0.5, 0.6) is 5.75 Å². The normalized spacial score (nSPS) is 18.6. The minimum Gasteiger partial charge on any atom is -0.507 e. The number of hydrogen-bond donors (Lipinski definition) is 5. The van der Waals surface area contributed by atoms with Gasteiger partial charge in [-0.1, -0.05) is 13.8 Å². The lowest BCUT2D eigenvalue weighted by atomic mass is 9.92. The molecule has 0 atom stereocenters. The quantitative estimate of drug-likeness (QED) is 0.320. The maximum atomic E-state index is 11.5.